The molecule has 0 aliphatic heterocycles. The van der Waals surface area contributed by atoms with Crippen LogP contribution in [0.2, 0.25) is 0 Å². The normalized spacial score (nSPS) is 10.4. The van der Waals surface area contributed by atoms with Crippen molar-refractivity contribution in [2.75, 3.05) is 23.9 Å². The van der Waals surface area contributed by atoms with Gasteiger partial charge < -0.3 is 15.6 Å². The monoisotopic (exact) mass is 487 g/mol. The molecule has 0 fully saturated rings. The van der Waals surface area contributed by atoms with Gasteiger partial charge in [0.05, 0.1) is 12.0 Å². The van der Waals surface area contributed by atoms with E-state index in [0.717, 1.165) is 27.8 Å². The van der Waals surface area contributed by atoms with Crippen LogP contribution in [0.25, 0.3) is 22.4 Å². The van der Waals surface area contributed by atoms with Crippen LogP contribution in [0.15, 0.2) is 78.3 Å². The Bertz CT molecular complexity index is 1460. The highest BCUT2D eigenvalue weighted by Crippen LogP contribution is 2.31. The van der Waals surface area contributed by atoms with Crippen molar-refractivity contribution in [2.24, 2.45) is 0 Å². The summed E-state index contributed by atoms with van der Waals surface area (Å²) >= 11 is 1.64. The molecular weight excluding hydrogens is 465 g/mol. The van der Waals surface area contributed by atoms with Gasteiger partial charge in [-0.15, -0.1) is 11.8 Å². The molecule has 3 heterocycles. The number of anilines is 3. The van der Waals surface area contributed by atoms with Crippen molar-refractivity contribution >= 4 is 46.4 Å². The zero-order valence-corrected chi connectivity index (χ0v) is 19.8. The number of nitrogens with zero attached hydrogens (tertiary/aromatic N) is 4. The Hall–Kier alpha value is -4.31. The first-order valence-electron chi connectivity index (χ1n) is 10.6. The fraction of sp³-hybridized carbons (Fsp3) is 0.0800. The minimum absolute atomic E-state index is 0.315. The average Bonchev–Trinajstić information content (AvgIpc) is 3.40. The van der Waals surface area contributed by atoms with Crippen LogP contribution in [0.1, 0.15) is 10.4 Å². The van der Waals surface area contributed by atoms with E-state index in [2.05, 4.69) is 35.6 Å². The molecule has 5 rings (SSSR count). The fourth-order valence-corrected chi connectivity index (χ4v) is 3.78. The van der Waals surface area contributed by atoms with E-state index in [4.69, 9.17) is 0 Å². The lowest BCUT2D eigenvalue weighted by Crippen LogP contribution is -2.00. The van der Waals surface area contributed by atoms with Crippen LogP contribution in [0.4, 0.5) is 21.6 Å². The number of hydrogen-bond donors (Lipinski definition) is 3. The van der Waals surface area contributed by atoms with Gasteiger partial charge in [-0.05, 0) is 48.7 Å². The second kappa shape index (κ2) is 11.2. The Labute approximate surface area is 205 Å². The average molecular weight is 488 g/mol. The number of carbonyl (C=O) groups is 1. The number of carbonyl (C=O) groups excluding carboxylic acids is 1. The summed E-state index contributed by atoms with van der Waals surface area (Å²) in [5.74, 6) is 0.287. The first-order valence-corrected chi connectivity index (χ1v) is 11.8. The molecule has 10 heteroatoms. The standard InChI is InChI=1S/C17H14FN7.C8H8OS/c1-19-13-7-10(4-5-12(13)18)25-16-11(3-2-6-20-16)14-15-17(23-8-21-14)24-9-22-15;1-10-8-4-2-3-7(5-8)6-9/h2-9,19H,1H3,(H,20,25)(H,21,22,23,24);2-6H,1H3. The summed E-state index contributed by atoms with van der Waals surface area (Å²) in [6, 6.07) is 16.0. The number of benzene rings is 2. The molecule has 176 valence electrons. The molecule has 0 aliphatic rings. The Morgan fingerprint density at radius 2 is 1.91 bits per heavy atom. The van der Waals surface area contributed by atoms with Gasteiger partial charge in [0.25, 0.3) is 0 Å². The SMILES string of the molecule is CNc1cc(Nc2ncccc2-c2ncnc3nc[nH]c23)ccc1F.CSc1cccc(C=O)c1. The van der Waals surface area contributed by atoms with Crippen molar-refractivity contribution < 1.29 is 9.18 Å². The Morgan fingerprint density at radius 3 is 2.71 bits per heavy atom. The smallest absolute Gasteiger partial charge is 0.181 e. The van der Waals surface area contributed by atoms with Crippen molar-refractivity contribution in [1.82, 2.24) is 24.9 Å². The molecule has 8 nitrogen and oxygen atoms in total. The topological polar surface area (TPSA) is 108 Å². The van der Waals surface area contributed by atoms with Gasteiger partial charge in [0.1, 0.15) is 35.5 Å². The predicted molar refractivity (Wildman–Crippen MR) is 138 cm³/mol. The summed E-state index contributed by atoms with van der Waals surface area (Å²) in [4.78, 5) is 31.5. The van der Waals surface area contributed by atoms with E-state index in [1.54, 1.807) is 49.5 Å². The molecule has 5 aromatic rings. The highest BCUT2D eigenvalue weighted by atomic mass is 32.2. The fourth-order valence-electron chi connectivity index (χ4n) is 3.31. The number of aromatic nitrogens is 5. The van der Waals surface area contributed by atoms with E-state index >= 15 is 0 Å². The summed E-state index contributed by atoms with van der Waals surface area (Å²) in [5, 5.41) is 6.04. The molecule has 3 N–H and O–H groups in total. The Kier molecular flexibility index (Phi) is 7.63. The molecule has 0 radical (unpaired) electrons. The highest BCUT2D eigenvalue weighted by molar-refractivity contribution is 7.98. The van der Waals surface area contributed by atoms with Gasteiger partial charge in [-0.3, -0.25) is 4.79 Å². The maximum atomic E-state index is 13.7. The molecule has 3 aromatic heterocycles. The van der Waals surface area contributed by atoms with Crippen molar-refractivity contribution in [3.63, 3.8) is 0 Å². The minimum Gasteiger partial charge on any atom is -0.386 e. The third kappa shape index (κ3) is 5.61. The van der Waals surface area contributed by atoms with Gasteiger partial charge in [-0.1, -0.05) is 12.1 Å². The number of aldehydes is 1. The number of nitrogens with one attached hydrogen (secondary N) is 3. The number of rotatable bonds is 6. The zero-order valence-electron chi connectivity index (χ0n) is 19.0. The second-order valence-corrected chi connectivity index (χ2v) is 8.07. The van der Waals surface area contributed by atoms with Gasteiger partial charge in [-0.25, -0.2) is 24.3 Å². The lowest BCUT2D eigenvalue weighted by molar-refractivity contribution is 0.112. The molecule has 35 heavy (non-hydrogen) atoms. The van der Waals surface area contributed by atoms with Crippen molar-refractivity contribution in [1.29, 1.82) is 0 Å². The number of hydrogen-bond acceptors (Lipinski definition) is 8. The van der Waals surface area contributed by atoms with Crippen molar-refractivity contribution in [3.8, 4) is 11.3 Å². The molecule has 0 saturated heterocycles. The molecule has 0 saturated carbocycles. The number of aromatic amines is 1. The van der Waals surface area contributed by atoms with Crippen LogP contribution in [0, 0.1) is 5.82 Å². The second-order valence-electron chi connectivity index (χ2n) is 7.19. The third-order valence-electron chi connectivity index (χ3n) is 5.01. The molecule has 0 atom stereocenters. The number of imidazole rings is 1. The van der Waals surface area contributed by atoms with E-state index in [1.165, 1.54) is 12.4 Å². The number of pyridine rings is 1. The van der Waals surface area contributed by atoms with Gasteiger partial charge in [0.2, 0.25) is 0 Å². The summed E-state index contributed by atoms with van der Waals surface area (Å²) < 4.78 is 13.7. The molecule has 0 unspecified atom stereocenters. The minimum atomic E-state index is -0.315. The summed E-state index contributed by atoms with van der Waals surface area (Å²) in [6.07, 6.45) is 7.57. The number of fused-ring (bicyclic) bond motifs is 1. The maximum absolute atomic E-state index is 13.7. The van der Waals surface area contributed by atoms with Gasteiger partial charge >= 0.3 is 0 Å². The summed E-state index contributed by atoms with van der Waals surface area (Å²) in [5.41, 5.74) is 4.64. The molecule has 0 amide bonds. The Morgan fingerprint density at radius 1 is 1.03 bits per heavy atom. The largest absolute Gasteiger partial charge is 0.386 e. The van der Waals surface area contributed by atoms with E-state index in [9.17, 15) is 9.18 Å². The maximum Gasteiger partial charge on any atom is 0.181 e. The summed E-state index contributed by atoms with van der Waals surface area (Å²) in [6.45, 7) is 0. The number of thioether (sulfide) groups is 1. The molecule has 2 aromatic carbocycles. The van der Waals surface area contributed by atoms with Gasteiger partial charge in [-0.2, -0.15) is 0 Å². The van der Waals surface area contributed by atoms with Crippen LogP contribution in [0.3, 0.4) is 0 Å². The zero-order chi connectivity index (χ0) is 24.6. The first-order chi connectivity index (χ1) is 17.1. The van der Waals surface area contributed by atoms with Crippen LogP contribution in [0.5, 0.6) is 0 Å². The lowest BCUT2D eigenvalue weighted by atomic mass is 10.1. The van der Waals surface area contributed by atoms with E-state index in [-0.39, 0.29) is 5.82 Å². The van der Waals surface area contributed by atoms with Crippen LogP contribution in [-0.4, -0.2) is 44.5 Å². The van der Waals surface area contributed by atoms with Gasteiger partial charge in [0.15, 0.2) is 5.65 Å². The van der Waals surface area contributed by atoms with Crippen molar-refractivity contribution in [2.45, 2.75) is 4.90 Å². The van der Waals surface area contributed by atoms with E-state index in [1.807, 2.05) is 36.6 Å². The van der Waals surface area contributed by atoms with Crippen molar-refractivity contribution in [3.05, 3.63) is 84.8 Å². The molecular formula is C25H22FN7OS. The quantitative estimate of drug-likeness (QED) is 0.211. The predicted octanol–water partition coefficient (Wildman–Crippen LogP) is 5.56. The van der Waals surface area contributed by atoms with Crippen LogP contribution < -0.4 is 10.6 Å². The highest BCUT2D eigenvalue weighted by Gasteiger charge is 2.14. The van der Waals surface area contributed by atoms with E-state index in [0.29, 0.717) is 28.5 Å². The lowest BCUT2D eigenvalue weighted by Gasteiger charge is -2.12. The summed E-state index contributed by atoms with van der Waals surface area (Å²) in [7, 11) is 1.67. The number of H-pyrrole nitrogens is 1. The van der Waals surface area contributed by atoms with Crippen LogP contribution in [-0.2, 0) is 0 Å². The van der Waals surface area contributed by atoms with E-state index < -0.39 is 0 Å². The molecule has 0 aliphatic carbocycles. The Balaban J connectivity index is 0.000000243. The first kappa shape index (κ1) is 23.8. The third-order valence-corrected chi connectivity index (χ3v) is 5.74. The van der Waals surface area contributed by atoms with Gasteiger partial charge in [0, 0.05) is 35.0 Å². The number of halogens is 1. The van der Waals surface area contributed by atoms with Crippen LogP contribution >= 0.6 is 11.8 Å². The molecule has 0 spiro atoms. The molecule has 0 bridgehead atoms.